The van der Waals surface area contributed by atoms with Crippen LogP contribution in [0.4, 0.5) is 5.82 Å². The molecule has 3 N–H and O–H groups in total. The van der Waals surface area contributed by atoms with Crippen molar-refractivity contribution in [1.82, 2.24) is 9.97 Å². The Hall–Kier alpha value is -1.01. The SMILES string of the molecule is CC(C)C(CO)Nc1nc(=O)[nH]c2c1SCC2. The van der Waals surface area contributed by atoms with Gasteiger partial charge in [-0.05, 0) is 12.3 Å². The lowest BCUT2D eigenvalue weighted by Gasteiger charge is -2.21. The van der Waals surface area contributed by atoms with Gasteiger partial charge in [-0.15, -0.1) is 11.8 Å². The molecule has 0 amide bonds. The van der Waals surface area contributed by atoms with E-state index >= 15 is 0 Å². The first kappa shape index (κ1) is 12.4. The summed E-state index contributed by atoms with van der Waals surface area (Å²) in [5, 5.41) is 12.5. The molecule has 6 heteroatoms. The largest absolute Gasteiger partial charge is 0.394 e. The molecule has 0 saturated carbocycles. The molecule has 2 rings (SSSR count). The van der Waals surface area contributed by atoms with Gasteiger partial charge in [0.25, 0.3) is 0 Å². The van der Waals surface area contributed by atoms with Crippen LogP contribution < -0.4 is 11.0 Å². The van der Waals surface area contributed by atoms with Crippen LogP contribution in [0.25, 0.3) is 0 Å². The summed E-state index contributed by atoms with van der Waals surface area (Å²) in [5.74, 6) is 1.86. The van der Waals surface area contributed by atoms with E-state index in [0.29, 0.717) is 5.82 Å². The van der Waals surface area contributed by atoms with Gasteiger partial charge in [0.2, 0.25) is 0 Å². The number of thioether (sulfide) groups is 1. The van der Waals surface area contributed by atoms with Crippen LogP contribution in [0.1, 0.15) is 19.5 Å². The number of aryl methyl sites for hydroxylation is 1. The van der Waals surface area contributed by atoms with Gasteiger partial charge >= 0.3 is 5.69 Å². The van der Waals surface area contributed by atoms with Crippen molar-refractivity contribution in [2.45, 2.75) is 31.2 Å². The van der Waals surface area contributed by atoms with Crippen LogP contribution >= 0.6 is 11.8 Å². The molecular weight excluding hydrogens is 238 g/mol. The average molecular weight is 255 g/mol. The van der Waals surface area contributed by atoms with Crippen molar-refractivity contribution in [1.29, 1.82) is 0 Å². The Balaban J connectivity index is 2.29. The number of hydrogen-bond acceptors (Lipinski definition) is 5. The van der Waals surface area contributed by atoms with Crippen molar-refractivity contribution in [3.63, 3.8) is 0 Å². The monoisotopic (exact) mass is 255 g/mol. The van der Waals surface area contributed by atoms with Crippen molar-refractivity contribution in [2.75, 3.05) is 17.7 Å². The fourth-order valence-electron chi connectivity index (χ4n) is 1.79. The zero-order chi connectivity index (χ0) is 12.4. The maximum atomic E-state index is 11.4. The molecule has 1 atom stereocenters. The third kappa shape index (κ3) is 2.63. The molecule has 0 aromatic carbocycles. The van der Waals surface area contributed by atoms with Gasteiger partial charge in [0, 0.05) is 11.4 Å². The number of aliphatic hydroxyl groups excluding tert-OH is 1. The minimum Gasteiger partial charge on any atom is -0.394 e. The van der Waals surface area contributed by atoms with Crippen molar-refractivity contribution < 1.29 is 5.11 Å². The van der Waals surface area contributed by atoms with E-state index in [2.05, 4.69) is 15.3 Å². The van der Waals surface area contributed by atoms with E-state index in [1.54, 1.807) is 11.8 Å². The summed E-state index contributed by atoms with van der Waals surface area (Å²) >= 11 is 1.69. The van der Waals surface area contributed by atoms with Gasteiger partial charge in [-0.2, -0.15) is 4.98 Å². The van der Waals surface area contributed by atoms with Gasteiger partial charge in [0.15, 0.2) is 0 Å². The number of aliphatic hydroxyl groups is 1. The molecule has 1 unspecified atom stereocenters. The molecule has 5 nitrogen and oxygen atoms in total. The lowest BCUT2D eigenvalue weighted by molar-refractivity contribution is 0.248. The Morgan fingerprint density at radius 3 is 3.00 bits per heavy atom. The fourth-order valence-corrected chi connectivity index (χ4v) is 2.87. The molecule has 1 aromatic heterocycles. The van der Waals surface area contributed by atoms with E-state index < -0.39 is 0 Å². The highest BCUT2D eigenvalue weighted by Gasteiger charge is 2.21. The van der Waals surface area contributed by atoms with Gasteiger partial charge in [0.1, 0.15) is 5.82 Å². The van der Waals surface area contributed by atoms with Gasteiger partial charge in [-0.1, -0.05) is 13.8 Å². The molecule has 2 heterocycles. The first-order chi connectivity index (χ1) is 8.11. The number of nitrogens with zero attached hydrogens (tertiary/aromatic N) is 1. The average Bonchev–Trinajstić information content (AvgIpc) is 2.72. The summed E-state index contributed by atoms with van der Waals surface area (Å²) < 4.78 is 0. The third-order valence-corrected chi connectivity index (χ3v) is 4.02. The second kappa shape index (κ2) is 5.10. The van der Waals surface area contributed by atoms with Crippen LogP contribution in [0.5, 0.6) is 0 Å². The summed E-state index contributed by atoms with van der Waals surface area (Å²) in [5.41, 5.74) is 0.632. The molecule has 0 radical (unpaired) electrons. The smallest absolute Gasteiger partial charge is 0.347 e. The predicted molar refractivity (Wildman–Crippen MR) is 68.6 cm³/mol. The molecule has 0 bridgehead atoms. The van der Waals surface area contributed by atoms with Crippen LogP contribution in [0.15, 0.2) is 9.69 Å². The lowest BCUT2D eigenvalue weighted by Crippen LogP contribution is -2.31. The molecule has 0 fully saturated rings. The van der Waals surface area contributed by atoms with Crippen molar-refractivity contribution in [3.05, 3.63) is 16.2 Å². The van der Waals surface area contributed by atoms with Crippen LogP contribution in [-0.2, 0) is 6.42 Å². The van der Waals surface area contributed by atoms with Crippen LogP contribution in [0.2, 0.25) is 0 Å². The lowest BCUT2D eigenvalue weighted by atomic mass is 10.1. The van der Waals surface area contributed by atoms with Crippen molar-refractivity contribution in [3.8, 4) is 0 Å². The Morgan fingerprint density at radius 1 is 1.59 bits per heavy atom. The number of H-pyrrole nitrogens is 1. The minimum atomic E-state index is -0.325. The third-order valence-electron chi connectivity index (χ3n) is 2.88. The number of nitrogens with one attached hydrogen (secondary N) is 2. The number of fused-ring (bicyclic) bond motifs is 1. The topological polar surface area (TPSA) is 78.0 Å². The minimum absolute atomic E-state index is 0.0333. The summed E-state index contributed by atoms with van der Waals surface area (Å²) in [4.78, 5) is 19.1. The van der Waals surface area contributed by atoms with Gasteiger partial charge in [-0.3, -0.25) is 0 Å². The van der Waals surface area contributed by atoms with E-state index in [1.807, 2.05) is 13.8 Å². The summed E-state index contributed by atoms with van der Waals surface area (Å²) in [6.07, 6.45) is 0.873. The Labute approximate surface area is 104 Å². The van der Waals surface area contributed by atoms with Crippen molar-refractivity contribution in [2.24, 2.45) is 5.92 Å². The number of aromatic amines is 1. The van der Waals surface area contributed by atoms with E-state index in [0.717, 1.165) is 22.8 Å². The highest BCUT2D eigenvalue weighted by molar-refractivity contribution is 7.99. The first-order valence-electron chi connectivity index (χ1n) is 5.75. The number of aromatic nitrogens is 2. The first-order valence-corrected chi connectivity index (χ1v) is 6.73. The highest BCUT2D eigenvalue weighted by atomic mass is 32.2. The molecular formula is C11H17N3O2S. The normalized spacial score (nSPS) is 16.0. The van der Waals surface area contributed by atoms with Crippen LogP contribution in [0, 0.1) is 5.92 Å². The second-order valence-electron chi connectivity index (χ2n) is 4.47. The Morgan fingerprint density at radius 2 is 2.35 bits per heavy atom. The number of hydrogen-bond donors (Lipinski definition) is 3. The predicted octanol–water partition coefficient (Wildman–Crippen LogP) is 0.847. The molecule has 1 aromatic rings. The van der Waals surface area contributed by atoms with Crippen LogP contribution in [-0.4, -0.2) is 33.5 Å². The number of anilines is 1. The highest BCUT2D eigenvalue weighted by Crippen LogP contribution is 2.34. The molecule has 1 aliphatic heterocycles. The Kier molecular flexibility index (Phi) is 3.73. The fraction of sp³-hybridized carbons (Fsp3) is 0.636. The quantitative estimate of drug-likeness (QED) is 0.743. The maximum absolute atomic E-state index is 11.4. The van der Waals surface area contributed by atoms with E-state index in [9.17, 15) is 9.90 Å². The Bertz CT molecular complexity index is 459. The van der Waals surface area contributed by atoms with E-state index in [1.165, 1.54) is 0 Å². The summed E-state index contributed by atoms with van der Waals surface area (Å²) in [6, 6.07) is -0.0744. The van der Waals surface area contributed by atoms with Crippen LogP contribution in [0.3, 0.4) is 0 Å². The van der Waals surface area contributed by atoms with Crippen molar-refractivity contribution >= 4 is 17.6 Å². The molecule has 0 spiro atoms. The van der Waals surface area contributed by atoms with Gasteiger partial charge < -0.3 is 15.4 Å². The summed E-state index contributed by atoms with van der Waals surface area (Å²) in [7, 11) is 0. The van der Waals surface area contributed by atoms with Gasteiger partial charge in [0.05, 0.1) is 17.5 Å². The standard InChI is InChI=1S/C11H17N3O2S/c1-6(2)8(5-15)12-10-9-7(3-4-17-9)13-11(16)14-10/h6,8,15H,3-5H2,1-2H3,(H2,12,13,14,16). The molecule has 0 aliphatic carbocycles. The zero-order valence-electron chi connectivity index (χ0n) is 9.99. The maximum Gasteiger partial charge on any atom is 0.347 e. The molecule has 17 heavy (non-hydrogen) atoms. The molecule has 94 valence electrons. The second-order valence-corrected chi connectivity index (χ2v) is 5.58. The number of rotatable bonds is 4. The van der Waals surface area contributed by atoms with E-state index in [4.69, 9.17) is 0 Å². The van der Waals surface area contributed by atoms with E-state index in [-0.39, 0.29) is 24.3 Å². The molecule has 0 saturated heterocycles. The zero-order valence-corrected chi connectivity index (χ0v) is 10.8. The van der Waals surface area contributed by atoms with Gasteiger partial charge in [-0.25, -0.2) is 4.79 Å². The molecule has 1 aliphatic rings. The summed E-state index contributed by atoms with van der Waals surface area (Å²) in [6.45, 7) is 4.08.